The Bertz CT molecular complexity index is 641. The van der Waals surface area contributed by atoms with Crippen molar-refractivity contribution in [3.8, 4) is 0 Å². The summed E-state index contributed by atoms with van der Waals surface area (Å²) < 4.78 is 5.95. The molecular formula is C10H12N2O7S. The molecule has 10 heteroatoms. The monoisotopic (exact) mass is 304 g/mol. The minimum absolute atomic E-state index is 0.408. The van der Waals surface area contributed by atoms with E-state index < -0.39 is 47.0 Å². The molecule has 1 aliphatic heterocycles. The lowest BCUT2D eigenvalue weighted by atomic mass is 9.97. The fourth-order valence-electron chi connectivity index (χ4n) is 2.01. The van der Waals surface area contributed by atoms with Gasteiger partial charge in [0.25, 0.3) is 5.56 Å². The Hall–Kier alpha value is -1.62. The van der Waals surface area contributed by atoms with E-state index in [1.807, 2.05) is 4.98 Å². The predicted molar refractivity (Wildman–Crippen MR) is 67.7 cm³/mol. The molecular weight excluding hydrogens is 292 g/mol. The third-order valence-electron chi connectivity index (χ3n) is 3.15. The van der Waals surface area contributed by atoms with Crippen molar-refractivity contribution in [3.63, 3.8) is 0 Å². The van der Waals surface area contributed by atoms with Crippen molar-refractivity contribution in [1.82, 2.24) is 9.55 Å². The van der Waals surface area contributed by atoms with Crippen LogP contribution >= 0.6 is 12.6 Å². The molecule has 0 radical (unpaired) electrons. The van der Waals surface area contributed by atoms with E-state index in [2.05, 4.69) is 12.6 Å². The number of H-pyrrole nitrogens is 1. The van der Waals surface area contributed by atoms with Crippen molar-refractivity contribution in [2.75, 3.05) is 5.75 Å². The lowest BCUT2D eigenvalue weighted by Gasteiger charge is -2.25. The second-order valence-corrected chi connectivity index (χ2v) is 4.63. The molecule has 1 aromatic heterocycles. The molecule has 0 amide bonds. The smallest absolute Gasteiger partial charge is 0.339 e. The molecule has 0 unspecified atom stereocenters. The number of aliphatic hydroxyl groups excluding tert-OH is 2. The molecule has 2 rings (SSSR count). The molecule has 9 nitrogen and oxygen atoms in total. The first-order chi connectivity index (χ1) is 9.33. The summed E-state index contributed by atoms with van der Waals surface area (Å²) in [6.07, 6.45) is -3.85. The number of hydrogen-bond donors (Lipinski definition) is 5. The number of carboxylic acids is 1. The molecule has 0 saturated carbocycles. The Morgan fingerprint density at radius 2 is 2.15 bits per heavy atom. The number of aromatic nitrogens is 2. The topological polar surface area (TPSA) is 142 Å². The zero-order valence-electron chi connectivity index (χ0n) is 9.96. The number of hydrogen-bond acceptors (Lipinski definition) is 7. The molecule has 1 aliphatic rings. The van der Waals surface area contributed by atoms with Crippen LogP contribution in [0, 0.1) is 0 Å². The van der Waals surface area contributed by atoms with Gasteiger partial charge in [0.05, 0.1) is 0 Å². The zero-order valence-corrected chi connectivity index (χ0v) is 10.9. The third-order valence-corrected chi connectivity index (χ3v) is 3.62. The number of aliphatic hydroxyl groups is 2. The molecule has 0 spiro atoms. The molecule has 20 heavy (non-hydrogen) atoms. The molecule has 4 N–H and O–H groups in total. The van der Waals surface area contributed by atoms with Gasteiger partial charge in [-0.15, -0.1) is 0 Å². The summed E-state index contributed by atoms with van der Waals surface area (Å²) in [5, 5.41) is 28.9. The number of carboxylic acid groups (broad SMARTS) is 1. The van der Waals surface area contributed by atoms with E-state index in [9.17, 15) is 24.6 Å². The highest BCUT2D eigenvalue weighted by Gasteiger charge is 2.59. The largest absolute Gasteiger partial charge is 0.479 e. The number of rotatable bonds is 3. The molecule has 1 saturated heterocycles. The predicted octanol–water partition coefficient (Wildman–Crippen LogP) is -2.46. The van der Waals surface area contributed by atoms with Crippen LogP contribution in [0.15, 0.2) is 21.9 Å². The maximum absolute atomic E-state index is 11.6. The fraction of sp³-hybridized carbons (Fsp3) is 0.500. The van der Waals surface area contributed by atoms with Crippen molar-refractivity contribution in [1.29, 1.82) is 0 Å². The lowest BCUT2D eigenvalue weighted by molar-refractivity contribution is -0.172. The van der Waals surface area contributed by atoms with E-state index >= 15 is 0 Å². The highest BCUT2D eigenvalue weighted by Crippen LogP contribution is 2.37. The number of nitrogens with one attached hydrogen (secondary N) is 1. The van der Waals surface area contributed by atoms with Crippen LogP contribution < -0.4 is 11.2 Å². The van der Waals surface area contributed by atoms with Gasteiger partial charge in [-0.25, -0.2) is 9.59 Å². The van der Waals surface area contributed by atoms with Crippen molar-refractivity contribution in [3.05, 3.63) is 33.1 Å². The Morgan fingerprint density at radius 3 is 2.60 bits per heavy atom. The molecule has 1 fully saturated rings. The number of aliphatic carboxylic acids is 1. The Labute approximate surface area is 116 Å². The standard InChI is InChI=1S/C10H12N2O7S/c13-4-1-2-12(9(18)11-4)7-5(14)6(15)10(3-20,19-7)8(16)17/h1-2,5-7,14-15,20H,3H2,(H,16,17)(H,11,13,18)/t5-,6+,7-,10-/m1/s1. The van der Waals surface area contributed by atoms with Crippen LogP contribution in [0.5, 0.6) is 0 Å². The van der Waals surface area contributed by atoms with Crippen LogP contribution in [-0.2, 0) is 9.53 Å². The second kappa shape index (κ2) is 5.05. The van der Waals surface area contributed by atoms with Crippen LogP contribution in [0.1, 0.15) is 6.23 Å². The van der Waals surface area contributed by atoms with Crippen molar-refractivity contribution in [2.24, 2.45) is 0 Å². The van der Waals surface area contributed by atoms with Gasteiger partial charge in [0, 0.05) is 18.0 Å². The number of thiol groups is 1. The van der Waals surface area contributed by atoms with Gasteiger partial charge in [-0.05, 0) is 0 Å². The highest BCUT2D eigenvalue weighted by atomic mass is 32.1. The first kappa shape index (κ1) is 14.8. The fourth-order valence-corrected chi connectivity index (χ4v) is 2.41. The molecule has 0 bridgehead atoms. The highest BCUT2D eigenvalue weighted by molar-refractivity contribution is 7.80. The SMILES string of the molecule is O=C(O)[C@]1(CS)O[C@@H](n2ccc(=O)[nH]c2=O)[C@H](O)[C@@H]1O. The van der Waals surface area contributed by atoms with E-state index in [0.29, 0.717) is 0 Å². The van der Waals surface area contributed by atoms with E-state index in [0.717, 1.165) is 16.8 Å². The summed E-state index contributed by atoms with van der Waals surface area (Å²) in [6, 6.07) is 1.01. The summed E-state index contributed by atoms with van der Waals surface area (Å²) in [4.78, 5) is 35.8. The lowest BCUT2D eigenvalue weighted by Crippen LogP contribution is -2.51. The first-order valence-electron chi connectivity index (χ1n) is 5.53. The summed E-state index contributed by atoms with van der Waals surface area (Å²) >= 11 is 3.81. The number of nitrogens with zero attached hydrogens (tertiary/aromatic N) is 1. The van der Waals surface area contributed by atoms with Crippen LogP contribution in [0.2, 0.25) is 0 Å². The van der Waals surface area contributed by atoms with Crippen LogP contribution in [0.25, 0.3) is 0 Å². The average Bonchev–Trinajstić information content (AvgIpc) is 2.64. The minimum atomic E-state index is -2.14. The first-order valence-corrected chi connectivity index (χ1v) is 6.16. The normalized spacial score (nSPS) is 33.2. The summed E-state index contributed by atoms with van der Waals surface area (Å²) in [7, 11) is 0. The summed E-state index contributed by atoms with van der Waals surface area (Å²) in [5.74, 6) is -1.92. The summed E-state index contributed by atoms with van der Waals surface area (Å²) in [6.45, 7) is 0. The van der Waals surface area contributed by atoms with Gasteiger partial charge >= 0.3 is 11.7 Å². The van der Waals surface area contributed by atoms with E-state index in [-0.39, 0.29) is 0 Å². The molecule has 110 valence electrons. The maximum atomic E-state index is 11.6. The maximum Gasteiger partial charge on any atom is 0.339 e. The van der Waals surface area contributed by atoms with Gasteiger partial charge in [-0.1, -0.05) is 0 Å². The van der Waals surface area contributed by atoms with E-state index in [1.165, 1.54) is 0 Å². The number of carbonyl (C=O) groups is 1. The average molecular weight is 304 g/mol. The van der Waals surface area contributed by atoms with Gasteiger partial charge < -0.3 is 20.1 Å². The third kappa shape index (κ3) is 2.06. The number of ether oxygens (including phenoxy) is 1. The van der Waals surface area contributed by atoms with Gasteiger partial charge in [0.1, 0.15) is 12.2 Å². The van der Waals surface area contributed by atoms with Gasteiger partial charge in [-0.2, -0.15) is 12.6 Å². The molecule has 0 aliphatic carbocycles. The van der Waals surface area contributed by atoms with Crippen molar-refractivity contribution < 1.29 is 24.9 Å². The zero-order chi connectivity index (χ0) is 15.1. The summed E-state index contributed by atoms with van der Waals surface area (Å²) in [5.41, 5.74) is -3.69. The molecule has 4 atom stereocenters. The van der Waals surface area contributed by atoms with E-state index in [4.69, 9.17) is 9.84 Å². The Balaban J connectivity index is 2.47. The van der Waals surface area contributed by atoms with Gasteiger partial charge in [0.15, 0.2) is 6.23 Å². The molecule has 2 heterocycles. The van der Waals surface area contributed by atoms with Crippen molar-refractivity contribution in [2.45, 2.75) is 24.0 Å². The minimum Gasteiger partial charge on any atom is -0.479 e. The van der Waals surface area contributed by atoms with Crippen molar-refractivity contribution >= 4 is 18.6 Å². The molecule has 0 aromatic carbocycles. The number of aromatic amines is 1. The Kier molecular flexibility index (Phi) is 3.73. The Morgan fingerprint density at radius 1 is 1.50 bits per heavy atom. The van der Waals surface area contributed by atoms with Crippen LogP contribution in [0.3, 0.4) is 0 Å². The van der Waals surface area contributed by atoms with Gasteiger partial charge in [0.2, 0.25) is 5.60 Å². The van der Waals surface area contributed by atoms with E-state index in [1.54, 1.807) is 0 Å². The quantitative estimate of drug-likeness (QED) is 0.390. The van der Waals surface area contributed by atoms with Gasteiger partial charge in [-0.3, -0.25) is 14.3 Å². The molecule has 1 aromatic rings. The second-order valence-electron chi connectivity index (χ2n) is 4.31. The van der Waals surface area contributed by atoms with Crippen LogP contribution in [-0.4, -0.2) is 54.4 Å². The van der Waals surface area contributed by atoms with Crippen LogP contribution in [0.4, 0.5) is 0 Å².